The first-order valence-corrected chi connectivity index (χ1v) is 12.9. The number of fused-ring (bicyclic) bond motifs is 3. The summed E-state index contributed by atoms with van der Waals surface area (Å²) in [6, 6.07) is 19.1. The van der Waals surface area contributed by atoms with Crippen molar-refractivity contribution in [1.82, 2.24) is 4.57 Å². The molecule has 2 heterocycles. The van der Waals surface area contributed by atoms with Crippen LogP contribution in [-0.4, -0.2) is 14.6 Å². The number of halogens is 1. The van der Waals surface area contributed by atoms with E-state index in [0.717, 1.165) is 27.7 Å². The van der Waals surface area contributed by atoms with Gasteiger partial charge in [-0.1, -0.05) is 63.7 Å². The predicted octanol–water partition coefficient (Wildman–Crippen LogP) is 4.70. The second kappa shape index (κ2) is 8.69. The summed E-state index contributed by atoms with van der Waals surface area (Å²) in [6.07, 6.45) is 3.15. The minimum absolute atomic E-state index is 0.0240. The molecule has 36 heavy (non-hydrogen) atoms. The van der Waals surface area contributed by atoms with Crippen molar-refractivity contribution in [3.05, 3.63) is 129 Å². The molecule has 0 amide bonds. The van der Waals surface area contributed by atoms with Crippen LogP contribution in [-0.2, 0) is 6.42 Å². The molecule has 1 aromatic heterocycles. The van der Waals surface area contributed by atoms with Gasteiger partial charge in [-0.25, -0.2) is 4.99 Å². The van der Waals surface area contributed by atoms with Crippen molar-refractivity contribution in [2.75, 3.05) is 0 Å². The quantitative estimate of drug-likeness (QED) is 0.290. The number of thiazole rings is 1. The van der Waals surface area contributed by atoms with Gasteiger partial charge in [-0.3, -0.25) is 19.5 Å². The lowest BCUT2D eigenvalue weighted by Gasteiger charge is -2.30. The van der Waals surface area contributed by atoms with Gasteiger partial charge in [0.15, 0.2) is 4.80 Å². The van der Waals surface area contributed by atoms with Crippen molar-refractivity contribution in [2.45, 2.75) is 18.9 Å². The Hall–Kier alpha value is -3.82. The minimum Gasteiger partial charge on any atom is -0.507 e. The number of phenols is 1. The minimum atomic E-state index is -0.511. The number of nitro groups is 1. The van der Waals surface area contributed by atoms with Crippen LogP contribution in [0.15, 0.2) is 86.6 Å². The third-order valence-electron chi connectivity index (χ3n) is 6.55. The van der Waals surface area contributed by atoms with Gasteiger partial charge in [0.25, 0.3) is 11.2 Å². The Morgan fingerprint density at radius 3 is 2.78 bits per heavy atom. The molecule has 4 aromatic rings. The van der Waals surface area contributed by atoms with Gasteiger partial charge < -0.3 is 5.11 Å². The summed E-state index contributed by atoms with van der Waals surface area (Å²) in [6.45, 7) is 0. The molecule has 0 fully saturated rings. The van der Waals surface area contributed by atoms with Crippen molar-refractivity contribution in [1.29, 1.82) is 0 Å². The number of nitrogens with zero attached hydrogens (tertiary/aromatic N) is 3. The Morgan fingerprint density at radius 2 is 1.94 bits per heavy atom. The molecule has 0 saturated heterocycles. The Balaban J connectivity index is 1.64. The van der Waals surface area contributed by atoms with E-state index in [9.17, 15) is 20.0 Å². The average molecular weight is 560 g/mol. The summed E-state index contributed by atoms with van der Waals surface area (Å²) in [4.78, 5) is 30.3. The zero-order chi connectivity index (χ0) is 25.0. The molecule has 1 N–H and O–H groups in total. The maximum atomic E-state index is 13.8. The number of aryl methyl sites for hydroxylation is 1. The molecule has 7 nitrogen and oxygen atoms in total. The lowest BCUT2D eigenvalue weighted by molar-refractivity contribution is -0.384. The highest BCUT2D eigenvalue weighted by molar-refractivity contribution is 9.10. The normalized spacial score (nSPS) is 16.7. The molecule has 6 rings (SSSR count). The van der Waals surface area contributed by atoms with Gasteiger partial charge >= 0.3 is 0 Å². The lowest BCUT2D eigenvalue weighted by atomic mass is 9.83. The van der Waals surface area contributed by atoms with Gasteiger partial charge in [-0.05, 0) is 53.8 Å². The summed E-state index contributed by atoms with van der Waals surface area (Å²) in [5.41, 5.74) is 4.92. The fraction of sp³-hybridized carbons (Fsp3) is 0.111. The fourth-order valence-electron chi connectivity index (χ4n) is 4.91. The molecular formula is C27H18BrN3O4S. The van der Waals surface area contributed by atoms with E-state index in [1.165, 1.54) is 23.0 Å². The SMILES string of the molecule is O=c1/c(=C\c2cc(Br)ccc2O)sc2n1C(c1cccc([N+](=O)[O-])c1)C1=C(N=2)c2ccccc2CC1. The first kappa shape index (κ1) is 22.6. The van der Waals surface area contributed by atoms with E-state index in [0.29, 0.717) is 26.9 Å². The molecule has 9 heteroatoms. The molecule has 1 unspecified atom stereocenters. The van der Waals surface area contributed by atoms with Crippen LogP contribution < -0.4 is 14.9 Å². The van der Waals surface area contributed by atoms with Crippen LogP contribution in [0.3, 0.4) is 0 Å². The smallest absolute Gasteiger partial charge is 0.271 e. The van der Waals surface area contributed by atoms with Crippen LogP contribution in [0.25, 0.3) is 11.8 Å². The molecule has 1 aliphatic carbocycles. The summed E-state index contributed by atoms with van der Waals surface area (Å²) < 4.78 is 2.84. The van der Waals surface area contributed by atoms with E-state index in [4.69, 9.17) is 4.99 Å². The Kier molecular flexibility index (Phi) is 5.46. The van der Waals surface area contributed by atoms with E-state index in [2.05, 4.69) is 22.0 Å². The van der Waals surface area contributed by atoms with Crippen LogP contribution >= 0.6 is 27.3 Å². The summed E-state index contributed by atoms with van der Waals surface area (Å²) in [5.74, 6) is 0.0625. The first-order valence-electron chi connectivity index (χ1n) is 11.3. The Labute approximate surface area is 217 Å². The van der Waals surface area contributed by atoms with E-state index < -0.39 is 11.0 Å². The second-order valence-corrected chi connectivity index (χ2v) is 10.6. The number of non-ortho nitro benzene ring substituents is 1. The lowest BCUT2D eigenvalue weighted by Crippen LogP contribution is -2.38. The first-order chi connectivity index (χ1) is 17.4. The summed E-state index contributed by atoms with van der Waals surface area (Å²) in [5, 5.41) is 21.9. The van der Waals surface area contributed by atoms with Gasteiger partial charge in [-0.2, -0.15) is 0 Å². The number of aromatic nitrogens is 1. The van der Waals surface area contributed by atoms with Crippen LogP contribution in [0.2, 0.25) is 0 Å². The zero-order valence-corrected chi connectivity index (χ0v) is 21.1. The molecule has 1 aliphatic heterocycles. The Bertz CT molecular complexity index is 1790. The molecule has 0 saturated carbocycles. The number of rotatable bonds is 3. The van der Waals surface area contributed by atoms with Gasteiger partial charge in [0.1, 0.15) is 5.75 Å². The fourth-order valence-corrected chi connectivity index (χ4v) is 6.28. The van der Waals surface area contributed by atoms with Crippen molar-refractivity contribution in [3.8, 4) is 5.75 Å². The van der Waals surface area contributed by atoms with Crippen LogP contribution in [0.1, 0.15) is 34.7 Å². The number of hydrogen-bond acceptors (Lipinski definition) is 6. The maximum Gasteiger partial charge on any atom is 0.271 e. The molecular weight excluding hydrogens is 542 g/mol. The van der Waals surface area contributed by atoms with E-state index >= 15 is 0 Å². The predicted molar refractivity (Wildman–Crippen MR) is 142 cm³/mol. The number of hydrogen-bond donors (Lipinski definition) is 1. The molecule has 0 radical (unpaired) electrons. The largest absolute Gasteiger partial charge is 0.507 e. The van der Waals surface area contributed by atoms with E-state index in [-0.39, 0.29) is 17.0 Å². The third kappa shape index (κ3) is 3.71. The van der Waals surface area contributed by atoms with Crippen molar-refractivity contribution >= 4 is 44.7 Å². The van der Waals surface area contributed by atoms with Crippen LogP contribution in [0, 0.1) is 10.1 Å². The van der Waals surface area contributed by atoms with Gasteiger partial charge in [-0.15, -0.1) is 0 Å². The standard InChI is InChI=1S/C27H18BrN3O4S/c28-18-9-11-22(32)17(12-18)14-23-26(33)30-25(16-5-3-6-19(13-16)31(34)35)21-10-8-15-4-1-2-7-20(15)24(21)29-27(30)36-23/h1-7,9,11-14,25,32H,8,10H2/b23-14+. The maximum absolute atomic E-state index is 13.8. The topological polar surface area (TPSA) is 97.7 Å². The third-order valence-corrected chi connectivity index (χ3v) is 8.02. The highest BCUT2D eigenvalue weighted by Crippen LogP contribution is 2.41. The number of allylic oxidation sites excluding steroid dienone is 1. The van der Waals surface area contributed by atoms with Crippen molar-refractivity contribution < 1.29 is 10.0 Å². The molecule has 1 atom stereocenters. The van der Waals surface area contributed by atoms with Crippen molar-refractivity contribution in [3.63, 3.8) is 0 Å². The molecule has 3 aromatic carbocycles. The van der Waals surface area contributed by atoms with E-state index in [1.54, 1.807) is 41.0 Å². The molecule has 0 spiro atoms. The monoisotopic (exact) mass is 559 g/mol. The number of phenolic OH excluding ortho intramolecular Hbond substituents is 1. The number of benzene rings is 3. The summed E-state index contributed by atoms with van der Waals surface area (Å²) >= 11 is 4.65. The molecule has 178 valence electrons. The van der Waals surface area contributed by atoms with E-state index in [1.807, 2.05) is 24.3 Å². The highest BCUT2D eigenvalue weighted by Gasteiger charge is 2.33. The highest BCUT2D eigenvalue weighted by atomic mass is 79.9. The Morgan fingerprint density at radius 1 is 1.11 bits per heavy atom. The summed E-state index contributed by atoms with van der Waals surface area (Å²) in [7, 11) is 0. The molecule has 0 bridgehead atoms. The average Bonchev–Trinajstić information content (AvgIpc) is 3.19. The number of nitro benzene ring substituents is 1. The van der Waals surface area contributed by atoms with Crippen LogP contribution in [0.4, 0.5) is 5.69 Å². The van der Waals surface area contributed by atoms with Gasteiger partial charge in [0, 0.05) is 27.7 Å². The zero-order valence-electron chi connectivity index (χ0n) is 18.7. The van der Waals surface area contributed by atoms with Crippen molar-refractivity contribution in [2.24, 2.45) is 4.99 Å². The van der Waals surface area contributed by atoms with Crippen LogP contribution in [0.5, 0.6) is 5.75 Å². The number of aromatic hydroxyl groups is 1. The molecule has 2 aliphatic rings. The second-order valence-electron chi connectivity index (χ2n) is 8.67. The van der Waals surface area contributed by atoms with Gasteiger partial charge in [0.05, 0.1) is 21.2 Å². The van der Waals surface area contributed by atoms with Gasteiger partial charge in [0.2, 0.25) is 0 Å².